The van der Waals surface area contributed by atoms with Gasteiger partial charge in [0.05, 0.1) is 6.04 Å². The maximum Gasteiger partial charge on any atom is 0.405 e. The summed E-state index contributed by atoms with van der Waals surface area (Å²) in [6.45, 7) is 3.65. The Morgan fingerprint density at radius 2 is 1.70 bits per heavy atom. The molecule has 0 fully saturated rings. The zero-order valence-electron chi connectivity index (χ0n) is 13.8. The van der Waals surface area contributed by atoms with Crippen molar-refractivity contribution in [3.8, 4) is 0 Å². The Bertz CT molecular complexity index is 362. The first-order valence-electron chi connectivity index (χ1n) is 8.10. The molecule has 136 valence electrons. The van der Waals surface area contributed by atoms with E-state index in [9.17, 15) is 22.8 Å². The molecule has 5 nitrogen and oxygen atoms in total. The van der Waals surface area contributed by atoms with Crippen LogP contribution in [0, 0.1) is 0 Å². The van der Waals surface area contributed by atoms with Crippen LogP contribution >= 0.6 is 0 Å². The van der Waals surface area contributed by atoms with Crippen LogP contribution in [0.3, 0.4) is 0 Å². The molecule has 4 N–H and O–H groups in total. The van der Waals surface area contributed by atoms with Crippen molar-refractivity contribution in [2.75, 3.05) is 6.54 Å². The van der Waals surface area contributed by atoms with Gasteiger partial charge in [-0.2, -0.15) is 13.2 Å². The molecule has 8 heteroatoms. The van der Waals surface area contributed by atoms with Crippen LogP contribution in [0.25, 0.3) is 0 Å². The van der Waals surface area contributed by atoms with Crippen molar-refractivity contribution >= 4 is 11.8 Å². The molecule has 2 atom stereocenters. The highest BCUT2D eigenvalue weighted by Crippen LogP contribution is 2.24. The summed E-state index contributed by atoms with van der Waals surface area (Å²) in [5, 5.41) is 4.58. The van der Waals surface area contributed by atoms with Crippen LogP contribution in [-0.2, 0) is 9.59 Å². The topological polar surface area (TPSA) is 84.2 Å². The Labute approximate surface area is 135 Å². The molecule has 0 aliphatic carbocycles. The Kier molecular flexibility index (Phi) is 10.6. The van der Waals surface area contributed by atoms with E-state index in [4.69, 9.17) is 5.73 Å². The summed E-state index contributed by atoms with van der Waals surface area (Å²) in [5.74, 6) is -1.37. The third kappa shape index (κ3) is 10.1. The van der Waals surface area contributed by atoms with Gasteiger partial charge in [0.15, 0.2) is 0 Å². The molecule has 23 heavy (non-hydrogen) atoms. The van der Waals surface area contributed by atoms with E-state index < -0.39 is 36.5 Å². The van der Waals surface area contributed by atoms with Gasteiger partial charge in [0, 0.05) is 12.8 Å². The molecule has 0 aliphatic heterocycles. The average molecular weight is 339 g/mol. The SMILES string of the molecule is CCCCCCCC(=O)NC(CC(N)=O)C(NCC)C(F)(F)F. The summed E-state index contributed by atoms with van der Waals surface area (Å²) in [6, 6.07) is -3.39. The zero-order chi connectivity index (χ0) is 17.9. The second-order valence-corrected chi connectivity index (χ2v) is 5.59. The van der Waals surface area contributed by atoms with Crippen molar-refractivity contribution in [1.29, 1.82) is 0 Å². The van der Waals surface area contributed by atoms with E-state index in [0.717, 1.165) is 25.7 Å². The Morgan fingerprint density at radius 3 is 2.17 bits per heavy atom. The van der Waals surface area contributed by atoms with Gasteiger partial charge in [-0.3, -0.25) is 9.59 Å². The van der Waals surface area contributed by atoms with Crippen molar-refractivity contribution in [3.63, 3.8) is 0 Å². The van der Waals surface area contributed by atoms with Crippen molar-refractivity contribution in [2.45, 2.75) is 77.1 Å². The number of likely N-dealkylation sites (N-methyl/N-ethyl adjacent to an activating group) is 1. The molecule has 0 saturated heterocycles. The number of hydrogen-bond donors (Lipinski definition) is 3. The number of unbranched alkanes of at least 4 members (excludes halogenated alkanes) is 4. The molecule has 0 bridgehead atoms. The van der Waals surface area contributed by atoms with Gasteiger partial charge >= 0.3 is 6.18 Å². The van der Waals surface area contributed by atoms with Gasteiger partial charge in [0.1, 0.15) is 6.04 Å². The highest BCUT2D eigenvalue weighted by molar-refractivity contribution is 5.79. The minimum absolute atomic E-state index is 0.0618. The number of carbonyl (C=O) groups is 2. The van der Waals surface area contributed by atoms with Crippen molar-refractivity contribution < 1.29 is 22.8 Å². The van der Waals surface area contributed by atoms with Gasteiger partial charge in [-0.15, -0.1) is 0 Å². The summed E-state index contributed by atoms with van der Waals surface area (Å²) >= 11 is 0. The highest BCUT2D eigenvalue weighted by atomic mass is 19.4. The quantitative estimate of drug-likeness (QED) is 0.477. The lowest BCUT2D eigenvalue weighted by atomic mass is 10.0. The van der Waals surface area contributed by atoms with Gasteiger partial charge in [0.2, 0.25) is 11.8 Å². The molecular weight excluding hydrogens is 311 g/mol. The third-order valence-electron chi connectivity index (χ3n) is 3.45. The van der Waals surface area contributed by atoms with Crippen LogP contribution in [0.5, 0.6) is 0 Å². The number of carbonyl (C=O) groups excluding carboxylic acids is 2. The Hall–Kier alpha value is -1.31. The lowest BCUT2D eigenvalue weighted by Gasteiger charge is -2.29. The monoisotopic (exact) mass is 339 g/mol. The lowest BCUT2D eigenvalue weighted by molar-refractivity contribution is -0.164. The number of rotatable bonds is 12. The molecule has 0 saturated carbocycles. The molecule has 0 spiro atoms. The minimum Gasteiger partial charge on any atom is -0.370 e. The molecule has 2 unspecified atom stereocenters. The molecule has 0 radical (unpaired) electrons. The van der Waals surface area contributed by atoms with Crippen LogP contribution < -0.4 is 16.4 Å². The largest absolute Gasteiger partial charge is 0.405 e. The molecule has 0 heterocycles. The summed E-state index contributed by atoms with van der Waals surface area (Å²) in [4.78, 5) is 22.9. The van der Waals surface area contributed by atoms with Crippen LogP contribution in [0.4, 0.5) is 13.2 Å². The number of nitrogens with two attached hydrogens (primary N) is 1. The Morgan fingerprint density at radius 1 is 1.09 bits per heavy atom. The molecule has 0 aromatic rings. The van der Waals surface area contributed by atoms with E-state index in [1.165, 1.54) is 6.92 Å². The van der Waals surface area contributed by atoms with Gasteiger partial charge < -0.3 is 16.4 Å². The predicted molar refractivity (Wildman–Crippen MR) is 82.6 cm³/mol. The number of amides is 2. The first kappa shape index (κ1) is 21.7. The molecule has 0 aliphatic rings. The maximum atomic E-state index is 13.1. The van der Waals surface area contributed by atoms with Gasteiger partial charge in [0.25, 0.3) is 0 Å². The second-order valence-electron chi connectivity index (χ2n) is 5.59. The summed E-state index contributed by atoms with van der Waals surface area (Å²) in [5.41, 5.74) is 5.02. The smallest absolute Gasteiger partial charge is 0.370 e. The van der Waals surface area contributed by atoms with Gasteiger partial charge in [-0.25, -0.2) is 0 Å². The minimum atomic E-state index is -4.58. The third-order valence-corrected chi connectivity index (χ3v) is 3.45. The van der Waals surface area contributed by atoms with Crippen molar-refractivity contribution in [1.82, 2.24) is 10.6 Å². The predicted octanol–water partition coefficient (Wildman–Crippen LogP) is 2.25. The fourth-order valence-electron chi connectivity index (χ4n) is 2.34. The van der Waals surface area contributed by atoms with E-state index in [2.05, 4.69) is 17.6 Å². The molecule has 0 rings (SSSR count). The first-order valence-corrected chi connectivity index (χ1v) is 8.10. The highest BCUT2D eigenvalue weighted by Gasteiger charge is 2.45. The number of nitrogens with one attached hydrogen (secondary N) is 2. The van der Waals surface area contributed by atoms with E-state index in [0.29, 0.717) is 6.42 Å². The van der Waals surface area contributed by atoms with E-state index in [1.807, 2.05) is 0 Å². The molecular formula is C15H28F3N3O2. The average Bonchev–Trinajstić information content (AvgIpc) is 2.42. The van der Waals surface area contributed by atoms with E-state index in [1.54, 1.807) is 0 Å². The van der Waals surface area contributed by atoms with E-state index >= 15 is 0 Å². The number of hydrogen-bond acceptors (Lipinski definition) is 3. The summed E-state index contributed by atoms with van der Waals surface area (Å²) in [7, 11) is 0. The second kappa shape index (κ2) is 11.3. The standard InChI is InChI=1S/C15H28F3N3O2/c1-3-5-6-7-8-9-13(23)21-11(10-12(19)22)14(20-4-2)15(16,17)18/h11,14,20H,3-10H2,1-2H3,(H2,19,22)(H,21,23). The van der Waals surface area contributed by atoms with Crippen LogP contribution in [-0.4, -0.2) is 36.6 Å². The van der Waals surface area contributed by atoms with Crippen LogP contribution in [0.2, 0.25) is 0 Å². The molecule has 2 amide bonds. The van der Waals surface area contributed by atoms with Gasteiger partial charge in [-0.05, 0) is 13.0 Å². The lowest BCUT2D eigenvalue weighted by Crippen LogP contribution is -2.58. The van der Waals surface area contributed by atoms with Crippen molar-refractivity contribution in [3.05, 3.63) is 0 Å². The number of alkyl halides is 3. The van der Waals surface area contributed by atoms with Gasteiger partial charge in [-0.1, -0.05) is 39.5 Å². The fourth-order valence-corrected chi connectivity index (χ4v) is 2.34. The zero-order valence-corrected chi connectivity index (χ0v) is 13.8. The van der Waals surface area contributed by atoms with Crippen molar-refractivity contribution in [2.24, 2.45) is 5.73 Å². The number of halogens is 3. The summed E-state index contributed by atoms with van der Waals surface area (Å²) in [6.07, 6.45) is -0.369. The molecule has 0 aromatic heterocycles. The first-order chi connectivity index (χ1) is 10.7. The Balaban J connectivity index is 4.64. The number of primary amides is 1. The molecule has 0 aromatic carbocycles. The fraction of sp³-hybridized carbons (Fsp3) is 0.867. The van der Waals surface area contributed by atoms with E-state index in [-0.39, 0.29) is 13.0 Å². The maximum absolute atomic E-state index is 13.1. The normalized spacial score (nSPS) is 14.3. The van der Waals surface area contributed by atoms with Crippen LogP contribution in [0.15, 0.2) is 0 Å². The van der Waals surface area contributed by atoms with Crippen LogP contribution in [0.1, 0.15) is 58.8 Å². The summed E-state index contributed by atoms with van der Waals surface area (Å²) < 4.78 is 39.3.